The number of nitrogens with one attached hydrogen (secondary N) is 1. The predicted octanol–water partition coefficient (Wildman–Crippen LogP) is 6.79. The Kier molecular flexibility index (Phi) is 7.45. The zero-order chi connectivity index (χ0) is 23.3. The molecule has 0 unspecified atom stereocenters. The first-order chi connectivity index (χ1) is 15.9. The SMILES string of the molecule is FC(F)(F)Oc1ccc(Nc2cc(OCCCN3CCCCC3)c3cccc(Cl)c3n2)cc1. The number of ether oxygens (including phenoxy) is 2. The molecule has 0 spiro atoms. The fourth-order valence-corrected chi connectivity index (χ4v) is 4.12. The summed E-state index contributed by atoms with van der Waals surface area (Å²) >= 11 is 6.37. The molecule has 4 rings (SSSR count). The van der Waals surface area contributed by atoms with Gasteiger partial charge in [-0.2, -0.15) is 0 Å². The van der Waals surface area contributed by atoms with Crippen molar-refractivity contribution >= 4 is 34.0 Å². The van der Waals surface area contributed by atoms with Gasteiger partial charge < -0.3 is 19.7 Å². The van der Waals surface area contributed by atoms with E-state index in [2.05, 4.69) is 19.9 Å². The second kappa shape index (κ2) is 10.5. The molecule has 0 radical (unpaired) electrons. The summed E-state index contributed by atoms with van der Waals surface area (Å²) in [6.07, 6.45) is 0.00361. The number of benzene rings is 2. The van der Waals surface area contributed by atoms with Crippen LogP contribution < -0.4 is 14.8 Å². The van der Waals surface area contributed by atoms with Gasteiger partial charge in [0.15, 0.2) is 0 Å². The standard InChI is InChI=1S/C24H25ClF3N3O2/c25-20-7-4-6-19-21(32-15-5-14-31-12-2-1-3-13-31)16-22(30-23(19)20)29-17-8-10-18(11-9-17)33-24(26,27)28/h4,6-11,16H,1-3,5,12-15H2,(H,29,30). The van der Waals surface area contributed by atoms with Gasteiger partial charge in [-0.3, -0.25) is 0 Å². The molecule has 2 heterocycles. The molecule has 1 aliphatic rings. The molecule has 2 aromatic carbocycles. The normalized spacial score (nSPS) is 14.9. The van der Waals surface area contributed by atoms with Gasteiger partial charge >= 0.3 is 6.36 Å². The lowest BCUT2D eigenvalue weighted by molar-refractivity contribution is -0.274. The Morgan fingerprint density at radius 1 is 1.03 bits per heavy atom. The Hall–Kier alpha value is -2.71. The monoisotopic (exact) mass is 479 g/mol. The van der Waals surface area contributed by atoms with Crippen molar-refractivity contribution in [3.05, 3.63) is 53.6 Å². The maximum absolute atomic E-state index is 12.4. The average molecular weight is 480 g/mol. The number of fused-ring (bicyclic) bond motifs is 1. The first kappa shape index (κ1) is 23.4. The summed E-state index contributed by atoms with van der Waals surface area (Å²) in [6, 6.07) is 12.7. The molecule has 0 saturated carbocycles. The molecule has 1 fully saturated rings. The lowest BCUT2D eigenvalue weighted by Crippen LogP contribution is -2.31. The van der Waals surface area contributed by atoms with E-state index in [1.165, 1.54) is 43.5 Å². The van der Waals surface area contributed by atoms with Gasteiger partial charge in [0, 0.05) is 23.7 Å². The van der Waals surface area contributed by atoms with E-state index in [1.54, 1.807) is 12.1 Å². The Balaban J connectivity index is 1.47. The molecule has 1 aliphatic heterocycles. The van der Waals surface area contributed by atoms with Gasteiger partial charge in [-0.25, -0.2) is 4.98 Å². The number of pyridine rings is 1. The number of anilines is 2. The van der Waals surface area contributed by atoms with E-state index in [0.717, 1.165) is 31.4 Å². The van der Waals surface area contributed by atoms with E-state index in [-0.39, 0.29) is 5.75 Å². The van der Waals surface area contributed by atoms with E-state index in [4.69, 9.17) is 16.3 Å². The van der Waals surface area contributed by atoms with Crippen molar-refractivity contribution in [1.82, 2.24) is 9.88 Å². The Morgan fingerprint density at radius 2 is 1.79 bits per heavy atom. The maximum atomic E-state index is 12.4. The van der Waals surface area contributed by atoms with E-state index in [9.17, 15) is 13.2 Å². The van der Waals surface area contributed by atoms with Crippen molar-refractivity contribution in [2.75, 3.05) is 31.6 Å². The number of rotatable bonds is 8. The third-order valence-electron chi connectivity index (χ3n) is 5.44. The second-order valence-electron chi connectivity index (χ2n) is 7.94. The Morgan fingerprint density at radius 3 is 2.52 bits per heavy atom. The van der Waals surface area contributed by atoms with Gasteiger partial charge in [-0.05, 0) is 68.8 Å². The first-order valence-corrected chi connectivity index (χ1v) is 11.3. The molecular weight excluding hydrogens is 455 g/mol. The van der Waals surface area contributed by atoms with E-state index in [0.29, 0.717) is 34.4 Å². The van der Waals surface area contributed by atoms with Crippen LogP contribution in [-0.2, 0) is 0 Å². The van der Waals surface area contributed by atoms with Gasteiger partial charge in [0.05, 0.1) is 17.1 Å². The number of hydrogen-bond donors (Lipinski definition) is 1. The van der Waals surface area contributed by atoms with Crippen LogP contribution in [0.3, 0.4) is 0 Å². The highest BCUT2D eigenvalue weighted by Gasteiger charge is 2.31. The van der Waals surface area contributed by atoms with Crippen LogP contribution in [0.5, 0.6) is 11.5 Å². The minimum Gasteiger partial charge on any atom is -0.493 e. The van der Waals surface area contributed by atoms with Crippen molar-refractivity contribution < 1.29 is 22.6 Å². The maximum Gasteiger partial charge on any atom is 0.573 e. The van der Waals surface area contributed by atoms with Gasteiger partial charge in [0.1, 0.15) is 17.3 Å². The molecule has 5 nitrogen and oxygen atoms in total. The van der Waals surface area contributed by atoms with E-state index in [1.807, 2.05) is 12.1 Å². The topological polar surface area (TPSA) is 46.6 Å². The molecule has 0 bridgehead atoms. The Labute approximate surface area is 195 Å². The van der Waals surface area contributed by atoms with E-state index >= 15 is 0 Å². The number of nitrogens with zero attached hydrogens (tertiary/aromatic N) is 2. The smallest absolute Gasteiger partial charge is 0.493 e. The highest BCUT2D eigenvalue weighted by molar-refractivity contribution is 6.35. The molecular formula is C24H25ClF3N3O2. The van der Waals surface area contributed by atoms with Crippen LogP contribution >= 0.6 is 11.6 Å². The van der Waals surface area contributed by atoms with Crippen LogP contribution in [0.1, 0.15) is 25.7 Å². The second-order valence-corrected chi connectivity index (χ2v) is 8.35. The highest BCUT2D eigenvalue weighted by atomic mass is 35.5. The van der Waals surface area contributed by atoms with Crippen LogP contribution in [0.25, 0.3) is 10.9 Å². The van der Waals surface area contributed by atoms with Crippen molar-refractivity contribution in [2.45, 2.75) is 32.0 Å². The molecule has 0 amide bonds. The van der Waals surface area contributed by atoms with Crippen LogP contribution in [0.15, 0.2) is 48.5 Å². The first-order valence-electron chi connectivity index (χ1n) is 10.9. The lowest BCUT2D eigenvalue weighted by atomic mass is 10.1. The molecule has 1 saturated heterocycles. The largest absolute Gasteiger partial charge is 0.573 e. The lowest BCUT2D eigenvalue weighted by Gasteiger charge is -2.26. The number of aromatic nitrogens is 1. The molecule has 1 aromatic heterocycles. The summed E-state index contributed by atoms with van der Waals surface area (Å²) in [6.45, 7) is 3.86. The van der Waals surface area contributed by atoms with Crippen LogP contribution in [-0.4, -0.2) is 42.5 Å². The molecule has 33 heavy (non-hydrogen) atoms. The number of likely N-dealkylation sites (tertiary alicyclic amines) is 1. The van der Waals surface area contributed by atoms with Crippen LogP contribution in [0.2, 0.25) is 5.02 Å². The van der Waals surface area contributed by atoms with E-state index < -0.39 is 6.36 Å². The van der Waals surface area contributed by atoms with Crippen LogP contribution in [0, 0.1) is 0 Å². The molecule has 9 heteroatoms. The summed E-state index contributed by atoms with van der Waals surface area (Å²) in [5, 5.41) is 4.40. The summed E-state index contributed by atoms with van der Waals surface area (Å²) in [4.78, 5) is 7.04. The molecule has 0 atom stereocenters. The fourth-order valence-electron chi connectivity index (χ4n) is 3.91. The van der Waals surface area contributed by atoms with Gasteiger partial charge in [-0.15, -0.1) is 13.2 Å². The summed E-state index contributed by atoms with van der Waals surface area (Å²) in [5.74, 6) is 0.840. The zero-order valence-electron chi connectivity index (χ0n) is 18.0. The number of piperidine rings is 1. The van der Waals surface area contributed by atoms with Crippen molar-refractivity contribution in [1.29, 1.82) is 0 Å². The molecule has 0 aliphatic carbocycles. The zero-order valence-corrected chi connectivity index (χ0v) is 18.8. The predicted molar refractivity (Wildman–Crippen MR) is 124 cm³/mol. The van der Waals surface area contributed by atoms with Crippen molar-refractivity contribution in [3.63, 3.8) is 0 Å². The number of halogens is 4. The highest BCUT2D eigenvalue weighted by Crippen LogP contribution is 2.33. The van der Waals surface area contributed by atoms with Gasteiger partial charge in [-0.1, -0.05) is 24.1 Å². The quantitative estimate of drug-likeness (QED) is 0.360. The number of para-hydroxylation sites is 1. The third-order valence-corrected chi connectivity index (χ3v) is 5.74. The Bertz CT molecular complexity index is 1070. The van der Waals surface area contributed by atoms with Gasteiger partial charge in [0.2, 0.25) is 0 Å². The van der Waals surface area contributed by atoms with Crippen LogP contribution in [0.4, 0.5) is 24.7 Å². The summed E-state index contributed by atoms with van der Waals surface area (Å²) in [7, 11) is 0. The molecule has 1 N–H and O–H groups in total. The van der Waals surface area contributed by atoms with Crippen molar-refractivity contribution in [3.8, 4) is 11.5 Å². The molecule has 3 aromatic rings. The summed E-state index contributed by atoms with van der Waals surface area (Å²) < 4.78 is 47.1. The minimum atomic E-state index is -4.73. The van der Waals surface area contributed by atoms with Crippen molar-refractivity contribution in [2.24, 2.45) is 0 Å². The fraction of sp³-hybridized carbons (Fsp3) is 0.375. The summed E-state index contributed by atoms with van der Waals surface area (Å²) in [5.41, 5.74) is 1.15. The average Bonchev–Trinajstić information content (AvgIpc) is 2.78. The molecule has 176 valence electrons. The number of hydrogen-bond acceptors (Lipinski definition) is 5. The van der Waals surface area contributed by atoms with Gasteiger partial charge in [0.25, 0.3) is 0 Å². The third kappa shape index (κ3) is 6.65. The number of alkyl halides is 3. The minimum absolute atomic E-state index is 0.291.